The summed E-state index contributed by atoms with van der Waals surface area (Å²) in [6.07, 6.45) is 0. The molecule has 2 heterocycles. The number of benzene rings is 1. The van der Waals surface area contributed by atoms with E-state index in [1.54, 1.807) is 0 Å². The van der Waals surface area contributed by atoms with Crippen LogP contribution in [-0.4, -0.2) is 33.2 Å². The van der Waals surface area contributed by atoms with Crippen LogP contribution in [0.2, 0.25) is 0 Å². The first-order chi connectivity index (χ1) is 14.2. The summed E-state index contributed by atoms with van der Waals surface area (Å²) in [5.74, 6) is -1.31. The van der Waals surface area contributed by atoms with Crippen molar-refractivity contribution in [1.82, 2.24) is 19.1 Å². The molecule has 4 N–H and O–H groups in total. The second kappa shape index (κ2) is 7.85. The Bertz CT molecular complexity index is 1250. The van der Waals surface area contributed by atoms with E-state index in [0.29, 0.717) is 5.56 Å². The van der Waals surface area contributed by atoms with Gasteiger partial charge in [0.1, 0.15) is 17.5 Å². The molecular weight excluding hydrogens is 395 g/mol. The van der Waals surface area contributed by atoms with Crippen LogP contribution in [0.5, 0.6) is 0 Å². The number of nitrogens with zero attached hydrogens (tertiary/aromatic N) is 2. The van der Waals surface area contributed by atoms with Crippen molar-refractivity contribution in [2.45, 2.75) is 5.92 Å². The van der Waals surface area contributed by atoms with E-state index >= 15 is 0 Å². The smallest absolute Gasteiger partial charge is 0.329 e. The van der Waals surface area contributed by atoms with Crippen LogP contribution in [0.1, 0.15) is 22.6 Å². The molecule has 0 spiro atoms. The number of nitrogens with one attached hydrogen (secondary N) is 4. The van der Waals surface area contributed by atoms with E-state index in [9.17, 15) is 23.6 Å². The Balaban J connectivity index is 2.53. The Hall–Kier alpha value is -3.89. The largest absolute Gasteiger partial charge is 0.374 e. The minimum Gasteiger partial charge on any atom is -0.374 e. The molecule has 11 heteroatoms. The fourth-order valence-electron chi connectivity index (χ4n) is 3.34. The zero-order valence-corrected chi connectivity index (χ0v) is 16.8. The van der Waals surface area contributed by atoms with Crippen LogP contribution in [0, 0.1) is 5.82 Å². The van der Waals surface area contributed by atoms with E-state index in [1.165, 1.54) is 52.5 Å². The summed E-state index contributed by atoms with van der Waals surface area (Å²) in [6, 6.07) is 5.28. The summed E-state index contributed by atoms with van der Waals surface area (Å²) in [5, 5.41) is 5.55. The fourth-order valence-corrected chi connectivity index (χ4v) is 3.34. The number of anilines is 2. The zero-order chi connectivity index (χ0) is 22.2. The maximum atomic E-state index is 13.6. The van der Waals surface area contributed by atoms with Crippen molar-refractivity contribution in [3.05, 3.63) is 88.4 Å². The lowest BCUT2D eigenvalue weighted by molar-refractivity contribution is 0.626. The SMILES string of the molecule is CNc1[nH]c(=O)n(C)c(=O)c1C(c1ccc(F)cc1)c1c(NC)[nH]c(=O)n(C)c1=O. The normalized spacial score (nSPS) is 11.0. The van der Waals surface area contributed by atoms with Gasteiger partial charge < -0.3 is 10.6 Å². The van der Waals surface area contributed by atoms with E-state index in [-0.39, 0.29) is 22.8 Å². The number of hydrogen-bond acceptors (Lipinski definition) is 6. The highest BCUT2D eigenvalue weighted by molar-refractivity contribution is 5.58. The van der Waals surface area contributed by atoms with E-state index in [0.717, 1.165) is 9.13 Å². The third-order valence-corrected chi connectivity index (χ3v) is 4.96. The predicted octanol–water partition coefficient (Wildman–Crippen LogP) is -0.137. The molecule has 0 bridgehead atoms. The third kappa shape index (κ3) is 3.34. The highest BCUT2D eigenvalue weighted by atomic mass is 19.1. The highest BCUT2D eigenvalue weighted by Gasteiger charge is 2.30. The third-order valence-electron chi connectivity index (χ3n) is 4.96. The van der Waals surface area contributed by atoms with Gasteiger partial charge in [-0.05, 0) is 17.7 Å². The summed E-state index contributed by atoms with van der Waals surface area (Å²) in [4.78, 5) is 55.6. The van der Waals surface area contributed by atoms with E-state index in [2.05, 4.69) is 20.6 Å². The lowest BCUT2D eigenvalue weighted by Gasteiger charge is -2.22. The standard InChI is InChI=1S/C19H21FN6O4/c1-21-14-12(16(27)25(3)18(29)23-14)11(9-5-7-10(20)8-6-9)13-15(22-2)24-19(30)26(4)17(13)28/h5-8,11,21-22H,1-4H3,(H,23,29)(H,24,30). The number of hydrogen-bond donors (Lipinski definition) is 4. The number of halogens is 1. The molecule has 0 amide bonds. The average Bonchev–Trinajstić information content (AvgIpc) is 2.73. The minimum absolute atomic E-state index is 0.0619. The first kappa shape index (κ1) is 20.8. The highest BCUT2D eigenvalue weighted by Crippen LogP contribution is 2.33. The van der Waals surface area contributed by atoms with Gasteiger partial charge in [-0.3, -0.25) is 28.7 Å². The zero-order valence-electron chi connectivity index (χ0n) is 16.8. The quantitative estimate of drug-likeness (QED) is 0.458. The molecule has 10 nitrogen and oxygen atoms in total. The molecular formula is C19H21FN6O4. The Morgan fingerprint density at radius 3 is 1.57 bits per heavy atom. The van der Waals surface area contributed by atoms with Crippen molar-refractivity contribution in [3.63, 3.8) is 0 Å². The summed E-state index contributed by atoms with van der Waals surface area (Å²) < 4.78 is 15.3. The summed E-state index contributed by atoms with van der Waals surface area (Å²) in [6.45, 7) is 0. The van der Waals surface area contributed by atoms with Gasteiger partial charge in [0.05, 0.1) is 17.0 Å². The lowest BCUT2D eigenvalue weighted by Crippen LogP contribution is -2.40. The Labute approximate surface area is 169 Å². The molecule has 3 rings (SSSR count). The van der Waals surface area contributed by atoms with Gasteiger partial charge in [-0.2, -0.15) is 0 Å². The van der Waals surface area contributed by atoms with Crippen LogP contribution >= 0.6 is 0 Å². The molecule has 0 saturated heterocycles. The fraction of sp³-hybridized carbons (Fsp3) is 0.263. The number of H-pyrrole nitrogens is 2. The van der Waals surface area contributed by atoms with Gasteiger partial charge in [-0.15, -0.1) is 0 Å². The van der Waals surface area contributed by atoms with Gasteiger partial charge in [-0.1, -0.05) is 12.1 Å². The van der Waals surface area contributed by atoms with E-state index in [4.69, 9.17) is 0 Å². The lowest BCUT2D eigenvalue weighted by atomic mass is 9.86. The van der Waals surface area contributed by atoms with E-state index < -0.39 is 34.2 Å². The van der Waals surface area contributed by atoms with Crippen molar-refractivity contribution in [1.29, 1.82) is 0 Å². The van der Waals surface area contributed by atoms with Crippen molar-refractivity contribution in [2.24, 2.45) is 14.1 Å². The molecule has 0 fully saturated rings. The van der Waals surface area contributed by atoms with Crippen molar-refractivity contribution >= 4 is 11.6 Å². The van der Waals surface area contributed by atoms with Crippen molar-refractivity contribution in [2.75, 3.05) is 24.7 Å². The maximum absolute atomic E-state index is 13.6. The van der Waals surface area contributed by atoms with Crippen LogP contribution in [0.4, 0.5) is 16.0 Å². The second-order valence-corrected chi connectivity index (χ2v) is 6.65. The second-order valence-electron chi connectivity index (χ2n) is 6.65. The van der Waals surface area contributed by atoms with E-state index in [1.807, 2.05) is 0 Å². The van der Waals surface area contributed by atoms with Crippen LogP contribution in [0.15, 0.2) is 43.4 Å². The molecule has 0 aliphatic heterocycles. The summed E-state index contributed by atoms with van der Waals surface area (Å²) in [5.41, 5.74) is -2.04. The van der Waals surface area contributed by atoms with Crippen LogP contribution < -0.4 is 33.1 Å². The van der Waals surface area contributed by atoms with Crippen LogP contribution in [0.3, 0.4) is 0 Å². The molecule has 3 aromatic rings. The number of rotatable bonds is 5. The van der Waals surface area contributed by atoms with Gasteiger partial charge in [0, 0.05) is 28.2 Å². The average molecular weight is 416 g/mol. The molecule has 2 aromatic heterocycles. The summed E-state index contributed by atoms with van der Waals surface area (Å²) in [7, 11) is 5.63. The minimum atomic E-state index is -1.03. The molecule has 1 aromatic carbocycles. The first-order valence-electron chi connectivity index (χ1n) is 8.98. The van der Waals surface area contributed by atoms with Gasteiger partial charge >= 0.3 is 11.4 Å². The molecule has 158 valence electrons. The Morgan fingerprint density at radius 2 is 1.20 bits per heavy atom. The van der Waals surface area contributed by atoms with Gasteiger partial charge in [0.25, 0.3) is 11.1 Å². The van der Waals surface area contributed by atoms with Gasteiger partial charge in [0.2, 0.25) is 0 Å². The summed E-state index contributed by atoms with van der Waals surface area (Å²) >= 11 is 0. The topological polar surface area (TPSA) is 134 Å². The number of aromatic amines is 2. The number of aromatic nitrogens is 4. The predicted molar refractivity (Wildman–Crippen MR) is 111 cm³/mol. The Morgan fingerprint density at radius 1 is 0.800 bits per heavy atom. The monoisotopic (exact) mass is 416 g/mol. The molecule has 0 unspecified atom stereocenters. The molecule has 0 aliphatic rings. The van der Waals surface area contributed by atoms with Crippen LogP contribution in [-0.2, 0) is 14.1 Å². The molecule has 30 heavy (non-hydrogen) atoms. The molecule has 0 atom stereocenters. The molecule has 0 aliphatic carbocycles. The van der Waals surface area contributed by atoms with Crippen molar-refractivity contribution in [3.8, 4) is 0 Å². The van der Waals surface area contributed by atoms with Crippen LogP contribution in [0.25, 0.3) is 0 Å². The molecule has 0 radical (unpaired) electrons. The van der Waals surface area contributed by atoms with Crippen molar-refractivity contribution < 1.29 is 4.39 Å². The van der Waals surface area contributed by atoms with Gasteiger partial charge in [0.15, 0.2) is 0 Å². The van der Waals surface area contributed by atoms with Gasteiger partial charge in [-0.25, -0.2) is 14.0 Å². The molecule has 0 saturated carbocycles. The Kier molecular flexibility index (Phi) is 5.45. The maximum Gasteiger partial charge on any atom is 0.329 e. The first-order valence-corrected chi connectivity index (χ1v) is 8.98.